The van der Waals surface area contributed by atoms with Crippen LogP contribution in [0.1, 0.15) is 36.7 Å². The number of aromatic amines is 1. The molecule has 1 unspecified atom stereocenters. The number of aliphatic carboxylic acids is 1. The second-order valence-electron chi connectivity index (χ2n) is 8.81. The molecule has 1 aliphatic heterocycles. The third kappa shape index (κ3) is 5.03. The Morgan fingerprint density at radius 1 is 1.24 bits per heavy atom. The SMILES string of the molecule is Cc1cc(Nc2ccc(F)c(CC3(C(=O)O)CCN(Cc4ccccc4F)[C@H](C)C3)n2)n[nH]1. The molecule has 174 valence electrons. The molecule has 2 aromatic heterocycles. The molecule has 0 spiro atoms. The summed E-state index contributed by atoms with van der Waals surface area (Å²) in [4.78, 5) is 18.8. The van der Waals surface area contributed by atoms with Gasteiger partial charge in [0.1, 0.15) is 17.5 Å². The highest BCUT2D eigenvalue weighted by Crippen LogP contribution is 2.39. The quantitative estimate of drug-likeness (QED) is 0.488. The van der Waals surface area contributed by atoms with Crippen molar-refractivity contribution in [3.05, 3.63) is 71.1 Å². The van der Waals surface area contributed by atoms with E-state index in [0.717, 1.165) is 5.69 Å². The minimum absolute atomic E-state index is 0.0266. The molecule has 4 rings (SSSR count). The number of aromatic nitrogens is 3. The molecule has 3 heterocycles. The average molecular weight is 456 g/mol. The second kappa shape index (κ2) is 9.27. The van der Waals surface area contributed by atoms with Crippen LogP contribution in [0.4, 0.5) is 20.4 Å². The summed E-state index contributed by atoms with van der Waals surface area (Å²) in [6.45, 7) is 4.66. The Morgan fingerprint density at radius 2 is 2.03 bits per heavy atom. The predicted molar refractivity (Wildman–Crippen MR) is 120 cm³/mol. The highest BCUT2D eigenvalue weighted by Gasteiger charge is 2.45. The molecule has 0 aliphatic carbocycles. The van der Waals surface area contributed by atoms with Crippen LogP contribution in [0.2, 0.25) is 0 Å². The van der Waals surface area contributed by atoms with Crippen LogP contribution in [-0.2, 0) is 17.8 Å². The summed E-state index contributed by atoms with van der Waals surface area (Å²) < 4.78 is 28.7. The molecule has 0 radical (unpaired) electrons. The third-order valence-electron chi connectivity index (χ3n) is 6.36. The second-order valence-corrected chi connectivity index (χ2v) is 8.81. The standard InChI is InChI=1S/C24H27F2N5O2/c1-15-11-22(30-29-15)28-21-8-7-19(26)20(27-21)13-24(23(32)33)9-10-31(16(2)12-24)14-17-5-3-4-6-18(17)25/h3-8,11,16H,9-10,12-14H2,1-2H3,(H,32,33)(H2,27,28,29,30)/t16-,24?/m1/s1. The lowest BCUT2D eigenvalue weighted by Crippen LogP contribution is -2.49. The highest BCUT2D eigenvalue weighted by molar-refractivity contribution is 5.75. The molecule has 1 aliphatic rings. The number of carboxylic acid groups (broad SMARTS) is 1. The number of aryl methyl sites for hydroxylation is 1. The average Bonchev–Trinajstić information content (AvgIpc) is 3.18. The number of carboxylic acids is 1. The van der Waals surface area contributed by atoms with Crippen LogP contribution in [0, 0.1) is 24.0 Å². The van der Waals surface area contributed by atoms with Crippen LogP contribution in [-0.4, -0.2) is 43.7 Å². The number of halogens is 2. The van der Waals surface area contributed by atoms with E-state index in [-0.39, 0.29) is 24.0 Å². The molecule has 0 amide bonds. The van der Waals surface area contributed by atoms with Gasteiger partial charge in [0, 0.05) is 36.3 Å². The zero-order chi connectivity index (χ0) is 23.6. The van der Waals surface area contributed by atoms with E-state index >= 15 is 0 Å². The minimum atomic E-state index is -1.15. The number of pyridine rings is 1. The van der Waals surface area contributed by atoms with Gasteiger partial charge in [-0.3, -0.25) is 14.8 Å². The predicted octanol–water partition coefficient (Wildman–Crippen LogP) is 4.43. The maximum absolute atomic E-state index is 14.6. The molecule has 7 nitrogen and oxygen atoms in total. The molecule has 9 heteroatoms. The van der Waals surface area contributed by atoms with Gasteiger partial charge in [-0.2, -0.15) is 5.10 Å². The summed E-state index contributed by atoms with van der Waals surface area (Å²) in [5, 5.41) is 20.0. The topological polar surface area (TPSA) is 94.1 Å². The largest absolute Gasteiger partial charge is 0.481 e. The first-order valence-corrected chi connectivity index (χ1v) is 10.9. The maximum Gasteiger partial charge on any atom is 0.310 e. The van der Waals surface area contributed by atoms with Crippen molar-refractivity contribution in [2.24, 2.45) is 5.41 Å². The monoisotopic (exact) mass is 455 g/mol. The Hall–Kier alpha value is -3.33. The molecule has 1 fully saturated rings. The van der Waals surface area contributed by atoms with Crippen molar-refractivity contribution in [3.63, 3.8) is 0 Å². The summed E-state index contributed by atoms with van der Waals surface area (Å²) in [7, 11) is 0. The molecule has 0 bridgehead atoms. The normalized spacial score (nSPS) is 21.2. The smallest absolute Gasteiger partial charge is 0.310 e. The fourth-order valence-electron chi connectivity index (χ4n) is 4.50. The lowest BCUT2D eigenvalue weighted by molar-refractivity contribution is -0.153. The first-order chi connectivity index (χ1) is 15.8. The van der Waals surface area contributed by atoms with E-state index in [9.17, 15) is 18.7 Å². The molecule has 1 aromatic carbocycles. The van der Waals surface area contributed by atoms with E-state index in [0.29, 0.717) is 43.1 Å². The van der Waals surface area contributed by atoms with Crippen molar-refractivity contribution >= 4 is 17.6 Å². The molecule has 2 atom stereocenters. The summed E-state index contributed by atoms with van der Waals surface area (Å²) in [6, 6.07) is 11.0. The Labute approximate surface area is 190 Å². The van der Waals surface area contributed by atoms with Crippen molar-refractivity contribution in [2.45, 2.75) is 45.7 Å². The molecular formula is C24H27F2N5O2. The number of anilines is 2. The fraction of sp³-hybridized carbons (Fsp3) is 0.375. The number of hydrogen-bond donors (Lipinski definition) is 3. The molecule has 33 heavy (non-hydrogen) atoms. The van der Waals surface area contributed by atoms with Crippen LogP contribution in [0.5, 0.6) is 0 Å². The van der Waals surface area contributed by atoms with Gasteiger partial charge in [-0.25, -0.2) is 13.8 Å². The van der Waals surface area contributed by atoms with E-state index in [1.54, 1.807) is 24.3 Å². The number of nitrogens with one attached hydrogen (secondary N) is 2. The van der Waals surface area contributed by atoms with Crippen LogP contribution < -0.4 is 5.32 Å². The van der Waals surface area contributed by atoms with Gasteiger partial charge >= 0.3 is 5.97 Å². The van der Waals surface area contributed by atoms with Crippen molar-refractivity contribution in [2.75, 3.05) is 11.9 Å². The number of likely N-dealkylation sites (tertiary alicyclic amines) is 1. The molecule has 0 saturated carbocycles. The lowest BCUT2D eigenvalue weighted by atomic mass is 9.72. The Bertz CT molecular complexity index is 1150. The van der Waals surface area contributed by atoms with E-state index in [1.165, 1.54) is 18.2 Å². The Morgan fingerprint density at radius 3 is 2.70 bits per heavy atom. The summed E-state index contributed by atoms with van der Waals surface area (Å²) >= 11 is 0. The molecular weight excluding hydrogens is 428 g/mol. The molecule has 1 saturated heterocycles. The zero-order valence-corrected chi connectivity index (χ0v) is 18.6. The van der Waals surface area contributed by atoms with E-state index in [4.69, 9.17) is 0 Å². The number of carbonyl (C=O) groups is 1. The van der Waals surface area contributed by atoms with E-state index in [1.807, 2.05) is 13.8 Å². The van der Waals surface area contributed by atoms with Crippen molar-refractivity contribution in [1.29, 1.82) is 0 Å². The zero-order valence-electron chi connectivity index (χ0n) is 18.6. The first-order valence-electron chi connectivity index (χ1n) is 10.9. The van der Waals surface area contributed by atoms with Gasteiger partial charge in [-0.05, 0) is 51.4 Å². The van der Waals surface area contributed by atoms with E-state index < -0.39 is 17.2 Å². The number of nitrogens with zero attached hydrogens (tertiary/aromatic N) is 3. The van der Waals surface area contributed by atoms with Crippen molar-refractivity contribution < 1.29 is 18.7 Å². The van der Waals surface area contributed by atoms with Crippen molar-refractivity contribution in [3.8, 4) is 0 Å². The highest BCUT2D eigenvalue weighted by atomic mass is 19.1. The van der Waals surface area contributed by atoms with Crippen molar-refractivity contribution in [1.82, 2.24) is 20.1 Å². The molecule has 3 N–H and O–H groups in total. The van der Waals surface area contributed by atoms with Crippen LogP contribution in [0.3, 0.4) is 0 Å². The Balaban J connectivity index is 1.51. The van der Waals surface area contributed by atoms with Gasteiger partial charge in [-0.15, -0.1) is 0 Å². The van der Waals surface area contributed by atoms with Gasteiger partial charge in [0.15, 0.2) is 5.82 Å². The number of H-pyrrole nitrogens is 1. The van der Waals surface area contributed by atoms with Gasteiger partial charge < -0.3 is 10.4 Å². The number of piperidine rings is 1. The number of benzene rings is 1. The number of hydrogen-bond acceptors (Lipinski definition) is 5. The first kappa shape index (κ1) is 22.8. The summed E-state index contributed by atoms with van der Waals surface area (Å²) in [5.74, 6) is -0.852. The van der Waals surface area contributed by atoms with Crippen LogP contribution in [0.25, 0.3) is 0 Å². The number of rotatable bonds is 7. The Kier molecular flexibility index (Phi) is 6.42. The van der Waals surface area contributed by atoms with E-state index in [2.05, 4.69) is 25.4 Å². The summed E-state index contributed by atoms with van der Waals surface area (Å²) in [5.41, 5.74) is 0.387. The third-order valence-corrected chi connectivity index (χ3v) is 6.36. The lowest BCUT2D eigenvalue weighted by Gasteiger charge is -2.43. The van der Waals surface area contributed by atoms with Gasteiger partial charge in [0.05, 0.1) is 11.1 Å². The molecule has 3 aromatic rings. The minimum Gasteiger partial charge on any atom is -0.481 e. The van der Waals surface area contributed by atoms with Gasteiger partial charge in [0.2, 0.25) is 0 Å². The summed E-state index contributed by atoms with van der Waals surface area (Å²) in [6.07, 6.45) is 0.605. The van der Waals surface area contributed by atoms with Gasteiger partial charge in [0.25, 0.3) is 0 Å². The van der Waals surface area contributed by atoms with Gasteiger partial charge in [-0.1, -0.05) is 18.2 Å². The fourth-order valence-corrected chi connectivity index (χ4v) is 4.50. The maximum atomic E-state index is 14.6. The van der Waals surface area contributed by atoms with Crippen LogP contribution >= 0.6 is 0 Å². The van der Waals surface area contributed by atoms with Crippen LogP contribution in [0.15, 0.2) is 42.5 Å².